The van der Waals surface area contributed by atoms with Crippen molar-refractivity contribution in [2.45, 2.75) is 33.2 Å². The molecule has 0 atom stereocenters. The maximum atomic E-state index is 12.6. The molecule has 1 N–H and O–H groups in total. The highest BCUT2D eigenvalue weighted by molar-refractivity contribution is 5.97. The zero-order valence-electron chi connectivity index (χ0n) is 14.0. The van der Waals surface area contributed by atoms with Crippen LogP contribution in [-0.2, 0) is 6.54 Å². The fourth-order valence-corrected chi connectivity index (χ4v) is 3.22. The van der Waals surface area contributed by atoms with E-state index in [4.69, 9.17) is 4.42 Å². The molecule has 2 aromatic heterocycles. The van der Waals surface area contributed by atoms with E-state index in [9.17, 15) is 4.79 Å². The number of carbonyl (C=O) groups excluding carboxylic acids is 1. The predicted molar refractivity (Wildman–Crippen MR) is 91.8 cm³/mol. The molecule has 124 valence electrons. The Morgan fingerprint density at radius 3 is 2.78 bits per heavy atom. The Kier molecular flexibility index (Phi) is 4.57. The number of aryl methyl sites for hydroxylation is 1. The summed E-state index contributed by atoms with van der Waals surface area (Å²) in [6, 6.07) is 3.80. The van der Waals surface area contributed by atoms with Crippen LogP contribution in [0.5, 0.6) is 0 Å². The highest BCUT2D eigenvalue weighted by Gasteiger charge is 2.18. The summed E-state index contributed by atoms with van der Waals surface area (Å²) in [7, 11) is 0. The van der Waals surface area contributed by atoms with Gasteiger partial charge >= 0.3 is 0 Å². The van der Waals surface area contributed by atoms with E-state index >= 15 is 0 Å². The first-order valence-corrected chi connectivity index (χ1v) is 8.29. The number of carbonyl (C=O) groups is 1. The van der Waals surface area contributed by atoms with Gasteiger partial charge < -0.3 is 19.2 Å². The van der Waals surface area contributed by atoms with Crippen molar-refractivity contribution in [3.8, 4) is 0 Å². The molecule has 0 spiro atoms. The number of rotatable bonds is 6. The largest absolute Gasteiger partial charge is 0.460 e. The third-order valence-electron chi connectivity index (χ3n) is 4.29. The number of allylic oxidation sites excluding steroid dienone is 1. The summed E-state index contributed by atoms with van der Waals surface area (Å²) in [5, 5.41) is 3.03. The van der Waals surface area contributed by atoms with Crippen LogP contribution in [0.1, 0.15) is 36.0 Å². The van der Waals surface area contributed by atoms with Gasteiger partial charge in [0.1, 0.15) is 11.5 Å². The molecule has 23 heavy (non-hydrogen) atoms. The lowest BCUT2D eigenvalue weighted by atomic mass is 10.3. The van der Waals surface area contributed by atoms with Crippen molar-refractivity contribution >= 4 is 17.0 Å². The predicted octanol–water partition coefficient (Wildman–Crippen LogP) is 2.94. The Labute approximate surface area is 136 Å². The van der Waals surface area contributed by atoms with Crippen LogP contribution in [0, 0.1) is 6.92 Å². The topological polar surface area (TPSA) is 50.4 Å². The SMILES string of the molecule is C=C(C)Cn1c(C(=O)NCCN2CCCC2)cc2oc(C)cc21. The van der Waals surface area contributed by atoms with E-state index in [0.717, 1.165) is 42.1 Å². The Morgan fingerprint density at radius 1 is 1.35 bits per heavy atom. The summed E-state index contributed by atoms with van der Waals surface area (Å²) >= 11 is 0. The van der Waals surface area contributed by atoms with Crippen molar-refractivity contribution in [2.24, 2.45) is 0 Å². The number of hydrogen-bond acceptors (Lipinski definition) is 3. The number of hydrogen-bond donors (Lipinski definition) is 1. The van der Waals surface area contributed by atoms with Gasteiger partial charge in [0.05, 0.1) is 5.52 Å². The second kappa shape index (κ2) is 6.62. The van der Waals surface area contributed by atoms with Gasteiger partial charge in [0.25, 0.3) is 5.91 Å². The summed E-state index contributed by atoms with van der Waals surface area (Å²) in [5.41, 5.74) is 3.36. The lowest BCUT2D eigenvalue weighted by molar-refractivity contribution is 0.0941. The molecular weight excluding hydrogens is 290 g/mol. The molecular formula is C18H25N3O2. The van der Waals surface area contributed by atoms with Gasteiger partial charge in [-0.3, -0.25) is 4.79 Å². The number of fused-ring (bicyclic) bond motifs is 1. The first-order valence-electron chi connectivity index (χ1n) is 8.29. The minimum Gasteiger partial charge on any atom is -0.460 e. The van der Waals surface area contributed by atoms with Gasteiger partial charge in [0.15, 0.2) is 5.58 Å². The van der Waals surface area contributed by atoms with Crippen molar-refractivity contribution in [1.29, 1.82) is 0 Å². The summed E-state index contributed by atoms with van der Waals surface area (Å²) in [5.74, 6) is 0.806. The van der Waals surface area contributed by atoms with Crippen LogP contribution >= 0.6 is 0 Å². The standard InChI is InChI=1S/C18H25N3O2/c1-13(2)12-21-15-10-14(3)23-17(15)11-16(21)18(22)19-6-9-20-7-4-5-8-20/h10-11H,1,4-9,12H2,2-3H3,(H,19,22). The fourth-order valence-electron chi connectivity index (χ4n) is 3.22. The first kappa shape index (κ1) is 15.9. The molecule has 0 radical (unpaired) electrons. The fraction of sp³-hybridized carbons (Fsp3) is 0.500. The van der Waals surface area contributed by atoms with Crippen LogP contribution in [-0.4, -0.2) is 41.6 Å². The van der Waals surface area contributed by atoms with Crippen molar-refractivity contribution in [1.82, 2.24) is 14.8 Å². The summed E-state index contributed by atoms with van der Waals surface area (Å²) in [6.07, 6.45) is 2.54. The number of furan rings is 1. The number of aromatic nitrogens is 1. The molecule has 5 nitrogen and oxygen atoms in total. The van der Waals surface area contributed by atoms with Crippen LogP contribution in [0.15, 0.2) is 28.7 Å². The van der Waals surface area contributed by atoms with Crippen LogP contribution in [0.2, 0.25) is 0 Å². The molecule has 1 aliphatic heterocycles. The van der Waals surface area contributed by atoms with E-state index in [2.05, 4.69) is 16.8 Å². The van der Waals surface area contributed by atoms with Crippen molar-refractivity contribution in [3.05, 3.63) is 35.7 Å². The van der Waals surface area contributed by atoms with Gasteiger partial charge in [-0.1, -0.05) is 12.2 Å². The normalized spacial score (nSPS) is 15.4. The second-order valence-electron chi connectivity index (χ2n) is 6.48. The molecule has 0 unspecified atom stereocenters. The Bertz CT molecular complexity index is 720. The third kappa shape index (κ3) is 3.50. The van der Waals surface area contributed by atoms with E-state index in [1.807, 2.05) is 30.5 Å². The molecule has 2 aromatic rings. The Hall–Kier alpha value is -2.01. The molecule has 3 heterocycles. The van der Waals surface area contributed by atoms with Crippen LogP contribution < -0.4 is 5.32 Å². The number of nitrogens with one attached hydrogen (secondary N) is 1. The molecule has 1 amide bonds. The molecule has 0 aliphatic carbocycles. The Morgan fingerprint density at radius 2 is 2.09 bits per heavy atom. The minimum absolute atomic E-state index is 0.0468. The van der Waals surface area contributed by atoms with Crippen molar-refractivity contribution in [3.63, 3.8) is 0 Å². The lowest BCUT2D eigenvalue weighted by Crippen LogP contribution is -2.34. The van der Waals surface area contributed by atoms with Gasteiger partial charge in [-0.15, -0.1) is 0 Å². The lowest BCUT2D eigenvalue weighted by Gasteiger charge is -2.15. The number of amides is 1. The monoisotopic (exact) mass is 315 g/mol. The quantitative estimate of drug-likeness (QED) is 0.834. The van der Waals surface area contributed by atoms with Gasteiger partial charge in [-0.05, 0) is 39.8 Å². The minimum atomic E-state index is -0.0468. The van der Waals surface area contributed by atoms with E-state index in [0.29, 0.717) is 18.8 Å². The Balaban J connectivity index is 1.73. The van der Waals surface area contributed by atoms with Gasteiger partial charge in [0.2, 0.25) is 0 Å². The maximum Gasteiger partial charge on any atom is 0.268 e. The zero-order valence-corrected chi connectivity index (χ0v) is 14.0. The molecule has 0 aromatic carbocycles. The highest BCUT2D eigenvalue weighted by atomic mass is 16.3. The smallest absolute Gasteiger partial charge is 0.268 e. The maximum absolute atomic E-state index is 12.6. The van der Waals surface area contributed by atoms with Crippen LogP contribution in [0.4, 0.5) is 0 Å². The first-order chi connectivity index (χ1) is 11.0. The van der Waals surface area contributed by atoms with Crippen LogP contribution in [0.3, 0.4) is 0 Å². The van der Waals surface area contributed by atoms with Crippen molar-refractivity contribution in [2.75, 3.05) is 26.2 Å². The zero-order chi connectivity index (χ0) is 16.4. The number of likely N-dealkylation sites (tertiary alicyclic amines) is 1. The van der Waals surface area contributed by atoms with E-state index in [1.165, 1.54) is 12.8 Å². The van der Waals surface area contributed by atoms with Gasteiger partial charge in [-0.2, -0.15) is 0 Å². The third-order valence-corrected chi connectivity index (χ3v) is 4.29. The van der Waals surface area contributed by atoms with Gasteiger partial charge in [0, 0.05) is 31.8 Å². The average Bonchev–Trinajstić information content (AvgIpc) is 3.17. The van der Waals surface area contributed by atoms with E-state index in [-0.39, 0.29) is 5.91 Å². The average molecular weight is 315 g/mol. The van der Waals surface area contributed by atoms with Gasteiger partial charge in [-0.25, -0.2) is 0 Å². The second-order valence-corrected chi connectivity index (χ2v) is 6.48. The highest BCUT2D eigenvalue weighted by Crippen LogP contribution is 2.24. The summed E-state index contributed by atoms with van der Waals surface area (Å²) in [4.78, 5) is 14.9. The molecule has 0 saturated carbocycles. The molecule has 5 heteroatoms. The molecule has 3 rings (SSSR count). The van der Waals surface area contributed by atoms with E-state index in [1.54, 1.807) is 0 Å². The van der Waals surface area contributed by atoms with Crippen LogP contribution in [0.25, 0.3) is 11.1 Å². The van der Waals surface area contributed by atoms with E-state index < -0.39 is 0 Å². The molecule has 1 fully saturated rings. The summed E-state index contributed by atoms with van der Waals surface area (Å²) in [6.45, 7) is 12.4. The van der Waals surface area contributed by atoms with Crippen molar-refractivity contribution < 1.29 is 9.21 Å². The number of nitrogens with zero attached hydrogens (tertiary/aromatic N) is 2. The molecule has 1 saturated heterocycles. The molecule has 0 bridgehead atoms. The molecule has 1 aliphatic rings. The summed E-state index contributed by atoms with van der Waals surface area (Å²) < 4.78 is 7.65.